The second kappa shape index (κ2) is 10.9. The van der Waals surface area contributed by atoms with Gasteiger partial charge >= 0.3 is 5.97 Å². The Morgan fingerprint density at radius 2 is 1.92 bits per heavy atom. The van der Waals surface area contributed by atoms with E-state index in [4.69, 9.17) is 16.3 Å². The molecule has 0 radical (unpaired) electrons. The van der Waals surface area contributed by atoms with E-state index in [1.165, 1.54) is 11.8 Å². The molecule has 2 rings (SSSR count). The molecular weight excluding hydrogens is 370 g/mol. The molecule has 0 bridgehead atoms. The van der Waals surface area contributed by atoms with Gasteiger partial charge in [0.15, 0.2) is 0 Å². The van der Waals surface area contributed by atoms with Crippen molar-refractivity contribution in [3.63, 3.8) is 0 Å². The van der Waals surface area contributed by atoms with E-state index in [2.05, 4.69) is 5.32 Å². The van der Waals surface area contributed by atoms with Gasteiger partial charge < -0.3 is 10.1 Å². The number of carbonyl (C=O) groups is 2. The number of hydrogen-bond donors (Lipinski definition) is 1. The smallest absolute Gasteiger partial charge is 0.338 e. The Bertz CT molecular complexity index is 734. The molecule has 0 heterocycles. The van der Waals surface area contributed by atoms with Gasteiger partial charge in [-0.15, -0.1) is 11.8 Å². The summed E-state index contributed by atoms with van der Waals surface area (Å²) in [5.41, 5.74) is 2.22. The second-order valence-corrected chi connectivity index (χ2v) is 7.16. The molecule has 1 N–H and O–H groups in total. The molecule has 0 saturated carbocycles. The fourth-order valence-electron chi connectivity index (χ4n) is 2.17. The topological polar surface area (TPSA) is 55.4 Å². The van der Waals surface area contributed by atoms with Gasteiger partial charge in [0.1, 0.15) is 0 Å². The molecule has 1 amide bonds. The average Bonchev–Trinajstić information content (AvgIpc) is 2.62. The summed E-state index contributed by atoms with van der Waals surface area (Å²) in [7, 11) is 0. The van der Waals surface area contributed by atoms with Gasteiger partial charge in [0.05, 0.1) is 17.9 Å². The van der Waals surface area contributed by atoms with Gasteiger partial charge in [-0.25, -0.2) is 4.79 Å². The summed E-state index contributed by atoms with van der Waals surface area (Å²) >= 11 is 7.46. The minimum Gasteiger partial charge on any atom is -0.462 e. The lowest BCUT2D eigenvalue weighted by atomic mass is 10.2. The first-order valence-electron chi connectivity index (χ1n) is 8.47. The fraction of sp³-hybridized carbons (Fsp3) is 0.300. The van der Waals surface area contributed by atoms with Gasteiger partial charge in [0, 0.05) is 16.5 Å². The first-order chi connectivity index (χ1) is 12.6. The molecule has 2 aromatic carbocycles. The Kier molecular flexibility index (Phi) is 8.51. The molecule has 26 heavy (non-hydrogen) atoms. The van der Waals surface area contributed by atoms with Crippen molar-refractivity contribution in [2.45, 2.75) is 25.5 Å². The van der Waals surface area contributed by atoms with Crippen molar-refractivity contribution >= 4 is 40.9 Å². The van der Waals surface area contributed by atoms with Crippen molar-refractivity contribution in [1.82, 2.24) is 0 Å². The Labute approximate surface area is 163 Å². The molecule has 0 aliphatic heterocycles. The van der Waals surface area contributed by atoms with Crippen LogP contribution in [0, 0.1) is 0 Å². The van der Waals surface area contributed by atoms with Crippen LogP contribution in [-0.2, 0) is 15.3 Å². The van der Waals surface area contributed by atoms with E-state index in [0.717, 1.165) is 24.2 Å². The first-order valence-corrected chi connectivity index (χ1v) is 10.0. The van der Waals surface area contributed by atoms with E-state index < -0.39 is 0 Å². The summed E-state index contributed by atoms with van der Waals surface area (Å²) in [5.74, 6) is 0.632. The number of hydrogen-bond acceptors (Lipinski definition) is 4. The van der Waals surface area contributed by atoms with E-state index in [0.29, 0.717) is 28.6 Å². The van der Waals surface area contributed by atoms with Crippen LogP contribution in [0.2, 0.25) is 5.02 Å². The van der Waals surface area contributed by atoms with Gasteiger partial charge in [-0.3, -0.25) is 4.79 Å². The number of unbranched alkanes of at least 4 members (excludes halogenated alkanes) is 1. The number of nitrogens with one attached hydrogen (secondary N) is 1. The van der Waals surface area contributed by atoms with Crippen LogP contribution in [0.15, 0.2) is 48.5 Å². The van der Waals surface area contributed by atoms with E-state index in [1.54, 1.807) is 24.3 Å². The number of halogens is 1. The molecule has 0 saturated heterocycles. The zero-order valence-corrected chi connectivity index (χ0v) is 16.2. The predicted molar refractivity (Wildman–Crippen MR) is 108 cm³/mol. The summed E-state index contributed by atoms with van der Waals surface area (Å²) in [6, 6.07) is 14.3. The molecular formula is C20H22ClNO3S. The zero-order chi connectivity index (χ0) is 18.8. The summed E-state index contributed by atoms with van der Waals surface area (Å²) in [5, 5.41) is 3.52. The van der Waals surface area contributed by atoms with Gasteiger partial charge in [-0.1, -0.05) is 37.1 Å². The fourth-order valence-corrected chi connectivity index (χ4v) is 3.16. The van der Waals surface area contributed by atoms with Crippen LogP contribution >= 0.6 is 23.4 Å². The second-order valence-electron chi connectivity index (χ2n) is 5.74. The van der Waals surface area contributed by atoms with Crippen molar-refractivity contribution in [3.05, 3.63) is 64.7 Å². The largest absolute Gasteiger partial charge is 0.462 e. The number of ether oxygens (including phenoxy) is 1. The molecule has 0 atom stereocenters. The van der Waals surface area contributed by atoms with Crippen LogP contribution < -0.4 is 5.32 Å². The van der Waals surface area contributed by atoms with Crippen LogP contribution in [0.1, 0.15) is 35.7 Å². The minimum atomic E-state index is -0.339. The number of thioether (sulfide) groups is 1. The molecule has 0 aliphatic rings. The Balaban J connectivity index is 1.75. The number of carbonyl (C=O) groups excluding carboxylic acids is 2. The quantitative estimate of drug-likeness (QED) is 0.473. The zero-order valence-electron chi connectivity index (χ0n) is 14.7. The van der Waals surface area contributed by atoms with Crippen LogP contribution in [0.25, 0.3) is 0 Å². The third-order valence-corrected chi connectivity index (χ3v) is 4.77. The van der Waals surface area contributed by atoms with Gasteiger partial charge in [0.2, 0.25) is 5.91 Å². The maximum absolute atomic E-state index is 12.0. The normalized spacial score (nSPS) is 10.4. The number of amides is 1. The Morgan fingerprint density at radius 3 is 2.62 bits per heavy atom. The molecule has 0 aromatic heterocycles. The Hall–Kier alpha value is -1.98. The highest BCUT2D eigenvalue weighted by molar-refractivity contribution is 7.99. The number of esters is 1. The third-order valence-electron chi connectivity index (χ3n) is 3.53. The van der Waals surface area contributed by atoms with Gasteiger partial charge in [-0.2, -0.15) is 0 Å². The molecule has 6 heteroatoms. The Morgan fingerprint density at radius 1 is 1.15 bits per heavy atom. The highest BCUT2D eigenvalue weighted by Gasteiger charge is 2.08. The lowest BCUT2D eigenvalue weighted by Gasteiger charge is -2.07. The van der Waals surface area contributed by atoms with Crippen molar-refractivity contribution in [2.75, 3.05) is 17.7 Å². The molecule has 4 nitrogen and oxygen atoms in total. The van der Waals surface area contributed by atoms with Crippen LogP contribution in [0.3, 0.4) is 0 Å². The van der Waals surface area contributed by atoms with Crippen LogP contribution in [-0.4, -0.2) is 24.2 Å². The molecule has 0 fully saturated rings. The van der Waals surface area contributed by atoms with Crippen molar-refractivity contribution in [2.24, 2.45) is 0 Å². The maximum atomic E-state index is 12.0. The summed E-state index contributed by atoms with van der Waals surface area (Å²) in [4.78, 5) is 23.8. The predicted octanol–water partition coefficient (Wildman–Crippen LogP) is 5.17. The molecule has 0 unspecified atom stereocenters. The van der Waals surface area contributed by atoms with Crippen molar-refractivity contribution in [3.8, 4) is 0 Å². The highest BCUT2D eigenvalue weighted by atomic mass is 35.5. The molecule has 2 aromatic rings. The van der Waals surface area contributed by atoms with Gasteiger partial charge in [-0.05, 0) is 48.4 Å². The van der Waals surface area contributed by atoms with E-state index in [1.807, 2.05) is 31.2 Å². The van der Waals surface area contributed by atoms with Gasteiger partial charge in [0.25, 0.3) is 0 Å². The van der Waals surface area contributed by atoms with Crippen LogP contribution in [0.5, 0.6) is 0 Å². The summed E-state index contributed by atoms with van der Waals surface area (Å²) < 4.78 is 5.15. The highest BCUT2D eigenvalue weighted by Crippen LogP contribution is 2.17. The molecule has 138 valence electrons. The summed E-state index contributed by atoms with van der Waals surface area (Å²) in [6.45, 7) is 2.47. The number of anilines is 1. The third kappa shape index (κ3) is 7.10. The lowest BCUT2D eigenvalue weighted by Crippen LogP contribution is -2.14. The van der Waals surface area contributed by atoms with Crippen LogP contribution in [0.4, 0.5) is 5.69 Å². The van der Waals surface area contributed by atoms with E-state index in [9.17, 15) is 9.59 Å². The summed E-state index contributed by atoms with van der Waals surface area (Å²) in [6.07, 6.45) is 1.83. The molecule has 0 spiro atoms. The number of benzene rings is 2. The van der Waals surface area contributed by atoms with Crippen molar-refractivity contribution < 1.29 is 14.3 Å². The van der Waals surface area contributed by atoms with E-state index in [-0.39, 0.29) is 11.9 Å². The standard InChI is InChI=1S/C20H22ClNO3S/c1-2-3-11-25-20(24)16-7-9-18(10-8-16)22-19(23)14-26-13-15-5-4-6-17(21)12-15/h4-10,12H,2-3,11,13-14H2,1H3,(H,22,23). The molecule has 0 aliphatic carbocycles. The van der Waals surface area contributed by atoms with Crippen molar-refractivity contribution in [1.29, 1.82) is 0 Å². The number of rotatable bonds is 9. The average molecular weight is 392 g/mol. The minimum absolute atomic E-state index is 0.0877. The first kappa shape index (κ1) is 20.3. The SMILES string of the molecule is CCCCOC(=O)c1ccc(NC(=O)CSCc2cccc(Cl)c2)cc1. The maximum Gasteiger partial charge on any atom is 0.338 e. The monoisotopic (exact) mass is 391 g/mol. The lowest BCUT2D eigenvalue weighted by molar-refractivity contribution is -0.113. The van der Waals surface area contributed by atoms with E-state index >= 15 is 0 Å².